The van der Waals surface area contributed by atoms with Crippen LogP contribution in [0.5, 0.6) is 5.75 Å². The zero-order valence-electron chi connectivity index (χ0n) is 11.6. The number of carbonyl (C=O) groups is 1. The lowest BCUT2D eigenvalue weighted by Gasteiger charge is -2.09. The number of benzene rings is 1. The number of allylic oxidation sites excluding steroid dienone is 1. The van der Waals surface area contributed by atoms with Gasteiger partial charge < -0.3 is 9.72 Å². The van der Waals surface area contributed by atoms with Gasteiger partial charge in [-0.05, 0) is 43.2 Å². The number of hydrogen-bond donors (Lipinski definition) is 1. The van der Waals surface area contributed by atoms with Crippen molar-refractivity contribution in [3.8, 4) is 5.75 Å². The Morgan fingerprint density at radius 1 is 1.35 bits per heavy atom. The molecular formula is C17H17NO2. The van der Waals surface area contributed by atoms with Crippen LogP contribution in [0.4, 0.5) is 0 Å². The molecule has 1 aromatic carbocycles. The Bertz CT molecular complexity index is 682. The number of aromatic nitrogens is 1. The predicted molar refractivity (Wildman–Crippen MR) is 79.1 cm³/mol. The molecule has 102 valence electrons. The summed E-state index contributed by atoms with van der Waals surface area (Å²) in [6, 6.07) is 7.43. The highest BCUT2D eigenvalue weighted by atomic mass is 16.5. The summed E-state index contributed by atoms with van der Waals surface area (Å²) < 4.78 is 5.77. The fourth-order valence-electron chi connectivity index (χ4n) is 2.59. The third kappa shape index (κ3) is 2.05. The van der Waals surface area contributed by atoms with E-state index in [1.54, 1.807) is 0 Å². The van der Waals surface area contributed by atoms with Crippen LogP contribution in [0.15, 0.2) is 36.5 Å². The van der Waals surface area contributed by atoms with Gasteiger partial charge in [-0.25, -0.2) is 0 Å². The molecule has 3 nitrogen and oxygen atoms in total. The topological polar surface area (TPSA) is 42.1 Å². The highest BCUT2D eigenvalue weighted by Crippen LogP contribution is 2.30. The minimum Gasteiger partial charge on any atom is -0.481 e. The van der Waals surface area contributed by atoms with Gasteiger partial charge in [-0.2, -0.15) is 0 Å². The fraction of sp³-hybridized carbons (Fsp3) is 0.235. The van der Waals surface area contributed by atoms with E-state index in [-0.39, 0.29) is 5.78 Å². The SMILES string of the molecule is C/C=C\c1[nH]cc(C[C@@H]2Oc3ccccc3C2=O)c1C. The Labute approximate surface area is 118 Å². The fourth-order valence-corrected chi connectivity index (χ4v) is 2.59. The number of carbonyl (C=O) groups excluding carboxylic acids is 1. The van der Waals surface area contributed by atoms with E-state index in [0.717, 1.165) is 11.3 Å². The van der Waals surface area contributed by atoms with Crippen molar-refractivity contribution in [2.45, 2.75) is 26.4 Å². The van der Waals surface area contributed by atoms with Crippen LogP contribution >= 0.6 is 0 Å². The summed E-state index contributed by atoms with van der Waals surface area (Å²) in [5.74, 6) is 0.776. The van der Waals surface area contributed by atoms with Gasteiger partial charge in [0.05, 0.1) is 5.56 Å². The van der Waals surface area contributed by atoms with Gasteiger partial charge in [0.1, 0.15) is 5.75 Å². The third-order valence-electron chi connectivity index (χ3n) is 3.74. The number of Topliss-reactive ketones (excluding diaryl/α,β-unsaturated/α-hetero) is 1. The van der Waals surface area contributed by atoms with Crippen molar-refractivity contribution in [3.05, 3.63) is 58.9 Å². The van der Waals surface area contributed by atoms with Crippen LogP contribution in [0.25, 0.3) is 6.08 Å². The highest BCUT2D eigenvalue weighted by Gasteiger charge is 2.32. The van der Waals surface area contributed by atoms with Gasteiger partial charge in [0, 0.05) is 18.3 Å². The van der Waals surface area contributed by atoms with Gasteiger partial charge in [-0.3, -0.25) is 4.79 Å². The Morgan fingerprint density at radius 2 is 2.15 bits per heavy atom. The smallest absolute Gasteiger partial charge is 0.207 e. The quantitative estimate of drug-likeness (QED) is 0.924. The summed E-state index contributed by atoms with van der Waals surface area (Å²) in [5.41, 5.74) is 4.09. The summed E-state index contributed by atoms with van der Waals surface area (Å²) in [7, 11) is 0. The molecule has 0 saturated carbocycles. The van der Waals surface area contributed by atoms with Gasteiger partial charge in [-0.1, -0.05) is 18.2 Å². The molecule has 1 aliphatic rings. The van der Waals surface area contributed by atoms with Crippen molar-refractivity contribution in [1.82, 2.24) is 4.98 Å². The molecule has 0 saturated heterocycles. The first kappa shape index (κ1) is 12.7. The molecule has 1 N–H and O–H groups in total. The van der Waals surface area contributed by atoms with Crippen molar-refractivity contribution < 1.29 is 9.53 Å². The molecular weight excluding hydrogens is 250 g/mol. The number of H-pyrrole nitrogens is 1. The van der Waals surface area contributed by atoms with Crippen molar-refractivity contribution in [2.75, 3.05) is 0 Å². The summed E-state index contributed by atoms with van der Waals surface area (Å²) >= 11 is 0. The minimum absolute atomic E-state index is 0.0776. The summed E-state index contributed by atoms with van der Waals surface area (Å²) in [5, 5.41) is 0. The Balaban J connectivity index is 1.82. The van der Waals surface area contributed by atoms with Gasteiger partial charge in [0.15, 0.2) is 6.10 Å². The van der Waals surface area contributed by atoms with E-state index in [0.29, 0.717) is 17.7 Å². The summed E-state index contributed by atoms with van der Waals surface area (Å²) in [4.78, 5) is 15.5. The lowest BCUT2D eigenvalue weighted by molar-refractivity contribution is 0.0857. The van der Waals surface area contributed by atoms with E-state index in [9.17, 15) is 4.79 Å². The monoisotopic (exact) mass is 267 g/mol. The van der Waals surface area contributed by atoms with Crippen molar-refractivity contribution in [3.63, 3.8) is 0 Å². The van der Waals surface area contributed by atoms with Crippen LogP contribution in [0, 0.1) is 6.92 Å². The molecule has 1 atom stereocenters. The zero-order valence-corrected chi connectivity index (χ0v) is 11.6. The Kier molecular flexibility index (Phi) is 3.18. The molecule has 3 heteroatoms. The Hall–Kier alpha value is -2.29. The maximum atomic E-state index is 12.3. The van der Waals surface area contributed by atoms with Crippen molar-refractivity contribution in [2.24, 2.45) is 0 Å². The molecule has 0 spiro atoms. The number of nitrogens with one attached hydrogen (secondary N) is 1. The molecule has 0 fully saturated rings. The van der Waals surface area contributed by atoms with Gasteiger partial charge >= 0.3 is 0 Å². The first-order chi connectivity index (χ1) is 9.70. The minimum atomic E-state index is -0.402. The number of aromatic amines is 1. The van der Waals surface area contributed by atoms with Crippen LogP contribution in [0.3, 0.4) is 0 Å². The lowest BCUT2D eigenvalue weighted by atomic mass is 10.0. The molecule has 0 aliphatic carbocycles. The van der Waals surface area contributed by atoms with Crippen LogP contribution in [0.2, 0.25) is 0 Å². The van der Waals surface area contributed by atoms with Crippen LogP contribution in [-0.2, 0) is 6.42 Å². The van der Waals surface area contributed by atoms with Crippen LogP contribution < -0.4 is 4.74 Å². The second-order valence-electron chi connectivity index (χ2n) is 5.02. The van der Waals surface area contributed by atoms with E-state index in [2.05, 4.69) is 11.9 Å². The van der Waals surface area contributed by atoms with Gasteiger partial charge in [-0.15, -0.1) is 0 Å². The molecule has 2 aromatic rings. The summed E-state index contributed by atoms with van der Waals surface area (Å²) in [6.07, 6.45) is 6.19. The van der Waals surface area contributed by atoms with E-state index in [1.807, 2.05) is 49.5 Å². The number of para-hydroxylation sites is 1. The zero-order chi connectivity index (χ0) is 14.1. The molecule has 0 radical (unpaired) electrons. The highest BCUT2D eigenvalue weighted by molar-refractivity contribution is 6.04. The third-order valence-corrected chi connectivity index (χ3v) is 3.74. The normalized spacial score (nSPS) is 17.5. The van der Waals surface area contributed by atoms with E-state index in [1.165, 1.54) is 5.56 Å². The molecule has 0 bridgehead atoms. The molecule has 2 heterocycles. The molecule has 1 aromatic heterocycles. The molecule has 0 amide bonds. The first-order valence-corrected chi connectivity index (χ1v) is 6.80. The summed E-state index contributed by atoms with van der Waals surface area (Å²) in [6.45, 7) is 4.05. The number of ether oxygens (including phenoxy) is 1. The van der Waals surface area contributed by atoms with Crippen molar-refractivity contribution >= 4 is 11.9 Å². The van der Waals surface area contributed by atoms with E-state index >= 15 is 0 Å². The second kappa shape index (κ2) is 5.00. The maximum Gasteiger partial charge on any atom is 0.207 e. The molecule has 1 aliphatic heterocycles. The number of rotatable bonds is 3. The van der Waals surface area contributed by atoms with Crippen molar-refractivity contribution in [1.29, 1.82) is 0 Å². The van der Waals surface area contributed by atoms with E-state index < -0.39 is 6.10 Å². The van der Waals surface area contributed by atoms with Crippen LogP contribution in [0.1, 0.15) is 34.1 Å². The van der Waals surface area contributed by atoms with Gasteiger partial charge in [0.25, 0.3) is 0 Å². The standard InChI is InChI=1S/C17H17NO2/c1-3-6-14-11(2)12(10-18-14)9-16-17(19)13-7-4-5-8-15(13)20-16/h3-8,10,16,18H,9H2,1-2H3/b6-3-/t16-/m0/s1. The Morgan fingerprint density at radius 3 is 2.90 bits per heavy atom. The first-order valence-electron chi connectivity index (χ1n) is 6.80. The number of fused-ring (bicyclic) bond motifs is 1. The number of hydrogen-bond acceptors (Lipinski definition) is 2. The second-order valence-corrected chi connectivity index (χ2v) is 5.02. The predicted octanol–water partition coefficient (Wildman–Crippen LogP) is 3.54. The average Bonchev–Trinajstić information content (AvgIpc) is 2.95. The molecule has 3 rings (SSSR count). The average molecular weight is 267 g/mol. The van der Waals surface area contributed by atoms with E-state index in [4.69, 9.17) is 4.74 Å². The lowest BCUT2D eigenvalue weighted by Crippen LogP contribution is -2.23. The number of ketones is 1. The maximum absolute atomic E-state index is 12.3. The largest absolute Gasteiger partial charge is 0.481 e. The molecule has 0 unspecified atom stereocenters. The molecule has 20 heavy (non-hydrogen) atoms. The van der Waals surface area contributed by atoms with Crippen LogP contribution in [-0.4, -0.2) is 16.9 Å². The van der Waals surface area contributed by atoms with Gasteiger partial charge in [0.2, 0.25) is 5.78 Å².